The molecule has 5 rings (SSSR count). The number of ether oxygens (including phenoxy) is 1. The topological polar surface area (TPSA) is 83.9 Å². The Hall–Kier alpha value is -2.30. The van der Waals surface area contributed by atoms with Gasteiger partial charge in [-0.25, -0.2) is 8.42 Å². The summed E-state index contributed by atoms with van der Waals surface area (Å²) in [5.41, 5.74) is 0.433. The number of carboxylic acid groups (broad SMARTS) is 1. The molecule has 2 aromatic rings. The summed E-state index contributed by atoms with van der Waals surface area (Å²) in [5.74, 6) is -0.344. The van der Waals surface area contributed by atoms with Crippen LogP contribution in [-0.2, 0) is 27.4 Å². The third-order valence-electron chi connectivity index (χ3n) is 8.22. The Labute approximate surface area is 224 Å². The van der Waals surface area contributed by atoms with Crippen molar-refractivity contribution >= 4 is 27.6 Å². The average molecular weight is 572 g/mol. The number of hydrogen-bond acceptors (Lipinski definition) is 4. The molecule has 0 amide bonds. The Bertz CT molecular complexity index is 1350. The normalized spacial score (nSPS) is 21.4. The highest BCUT2D eigenvalue weighted by Gasteiger charge is 2.44. The van der Waals surface area contributed by atoms with E-state index in [0.717, 1.165) is 48.3 Å². The van der Waals surface area contributed by atoms with Crippen molar-refractivity contribution in [3.8, 4) is 5.75 Å². The molecule has 206 valence electrons. The summed E-state index contributed by atoms with van der Waals surface area (Å²) in [4.78, 5) is 11.4. The van der Waals surface area contributed by atoms with Crippen molar-refractivity contribution in [2.45, 2.75) is 68.0 Å². The van der Waals surface area contributed by atoms with Crippen LogP contribution in [0.1, 0.15) is 61.6 Å². The van der Waals surface area contributed by atoms with Gasteiger partial charge in [-0.2, -0.15) is 17.5 Å². The lowest BCUT2D eigenvalue weighted by Gasteiger charge is -2.44. The molecule has 6 nitrogen and oxygen atoms in total. The summed E-state index contributed by atoms with van der Waals surface area (Å²) in [6.07, 6.45) is -0.282. The van der Waals surface area contributed by atoms with E-state index in [1.807, 2.05) is 18.2 Å². The Morgan fingerprint density at radius 3 is 2.39 bits per heavy atom. The molecule has 0 bridgehead atoms. The number of sulfonamides is 1. The SMILES string of the molecule is C[C@H](C(=O)O)[C@H](c1ccc2c(c1)OC1(CC2)CCN(S(=O)(=O)c2ccc(C(F)(F)F)cc2Cl)CC1)C1CC1. The summed E-state index contributed by atoms with van der Waals surface area (Å²) in [7, 11) is -4.09. The lowest BCUT2D eigenvalue weighted by molar-refractivity contribution is -0.142. The van der Waals surface area contributed by atoms with Crippen LogP contribution in [0.4, 0.5) is 13.2 Å². The van der Waals surface area contributed by atoms with E-state index < -0.39 is 44.3 Å². The van der Waals surface area contributed by atoms with Gasteiger partial charge in [-0.05, 0) is 72.9 Å². The van der Waals surface area contributed by atoms with Crippen LogP contribution in [0.2, 0.25) is 5.02 Å². The van der Waals surface area contributed by atoms with Crippen LogP contribution in [-0.4, -0.2) is 42.5 Å². The first-order chi connectivity index (χ1) is 17.8. The smallest absolute Gasteiger partial charge is 0.416 e. The minimum Gasteiger partial charge on any atom is -0.487 e. The molecule has 1 aliphatic carbocycles. The first-order valence-corrected chi connectivity index (χ1v) is 14.5. The number of fused-ring (bicyclic) bond motifs is 1. The molecule has 0 radical (unpaired) electrons. The van der Waals surface area contributed by atoms with Gasteiger partial charge in [-0.3, -0.25) is 4.79 Å². The number of rotatable bonds is 6. The van der Waals surface area contributed by atoms with Gasteiger partial charge >= 0.3 is 12.1 Å². The molecule has 2 aromatic carbocycles. The van der Waals surface area contributed by atoms with E-state index in [1.165, 1.54) is 4.31 Å². The first-order valence-electron chi connectivity index (χ1n) is 12.7. The van der Waals surface area contributed by atoms with Gasteiger partial charge in [0.1, 0.15) is 16.2 Å². The van der Waals surface area contributed by atoms with Crippen molar-refractivity contribution in [1.82, 2.24) is 4.31 Å². The maximum absolute atomic E-state index is 13.2. The zero-order valence-corrected chi connectivity index (χ0v) is 22.4. The quantitative estimate of drug-likeness (QED) is 0.451. The van der Waals surface area contributed by atoms with Gasteiger partial charge in [0.05, 0.1) is 16.5 Å². The Morgan fingerprint density at radius 1 is 1.13 bits per heavy atom. The molecule has 1 N–H and O–H groups in total. The van der Waals surface area contributed by atoms with Gasteiger partial charge < -0.3 is 9.84 Å². The fraction of sp³-hybridized carbons (Fsp3) is 0.519. The second-order valence-electron chi connectivity index (χ2n) is 10.7. The summed E-state index contributed by atoms with van der Waals surface area (Å²) in [6.45, 7) is 2.04. The summed E-state index contributed by atoms with van der Waals surface area (Å²) < 4.78 is 73.2. The van der Waals surface area contributed by atoms with E-state index in [4.69, 9.17) is 16.3 Å². The van der Waals surface area contributed by atoms with E-state index >= 15 is 0 Å². The molecule has 0 unspecified atom stereocenters. The Kier molecular flexibility index (Phi) is 6.97. The Morgan fingerprint density at radius 2 is 1.82 bits per heavy atom. The lowest BCUT2D eigenvalue weighted by atomic mass is 9.80. The van der Waals surface area contributed by atoms with E-state index in [0.29, 0.717) is 31.2 Å². The van der Waals surface area contributed by atoms with Crippen molar-refractivity contribution in [3.05, 3.63) is 58.1 Å². The Balaban J connectivity index is 1.32. The van der Waals surface area contributed by atoms with E-state index in [1.54, 1.807) is 6.92 Å². The number of benzene rings is 2. The molecule has 1 spiro atoms. The van der Waals surface area contributed by atoms with Gasteiger partial charge in [0.2, 0.25) is 10.0 Å². The zero-order valence-electron chi connectivity index (χ0n) is 20.8. The number of piperidine rings is 1. The van der Waals surface area contributed by atoms with Crippen molar-refractivity contribution in [2.75, 3.05) is 13.1 Å². The number of nitrogens with zero attached hydrogens (tertiary/aromatic N) is 1. The van der Waals surface area contributed by atoms with Gasteiger partial charge in [0.25, 0.3) is 0 Å². The molecule has 1 saturated heterocycles. The van der Waals surface area contributed by atoms with Crippen LogP contribution in [0.3, 0.4) is 0 Å². The third kappa shape index (κ3) is 5.14. The lowest BCUT2D eigenvalue weighted by Crippen LogP contribution is -2.51. The number of hydrogen-bond donors (Lipinski definition) is 1. The summed E-state index contributed by atoms with van der Waals surface area (Å²) in [6, 6.07) is 8.25. The molecule has 0 aromatic heterocycles. The predicted octanol–water partition coefficient (Wildman–Crippen LogP) is 6.12. The van der Waals surface area contributed by atoms with Gasteiger partial charge in [-0.1, -0.05) is 30.7 Å². The number of halogens is 4. The van der Waals surface area contributed by atoms with Gasteiger partial charge in [-0.15, -0.1) is 0 Å². The van der Waals surface area contributed by atoms with Crippen LogP contribution in [0.5, 0.6) is 5.75 Å². The number of aryl methyl sites for hydroxylation is 1. The van der Waals surface area contributed by atoms with Crippen molar-refractivity contribution in [2.24, 2.45) is 11.8 Å². The number of carbonyl (C=O) groups is 1. The number of aliphatic carboxylic acids is 1. The van der Waals surface area contributed by atoms with E-state index in [9.17, 15) is 31.5 Å². The molecule has 1 saturated carbocycles. The molecule has 3 aliphatic rings. The maximum atomic E-state index is 13.2. The second-order valence-corrected chi connectivity index (χ2v) is 13.0. The highest BCUT2D eigenvalue weighted by Crippen LogP contribution is 2.49. The number of carboxylic acids is 1. The molecule has 2 atom stereocenters. The van der Waals surface area contributed by atoms with Crippen molar-refractivity contribution in [3.63, 3.8) is 0 Å². The monoisotopic (exact) mass is 571 g/mol. The minimum atomic E-state index is -4.62. The summed E-state index contributed by atoms with van der Waals surface area (Å²) >= 11 is 5.98. The minimum absolute atomic E-state index is 0.0836. The largest absolute Gasteiger partial charge is 0.487 e. The zero-order chi connectivity index (χ0) is 27.5. The molecular weight excluding hydrogens is 543 g/mol. The van der Waals surface area contributed by atoms with Gasteiger partial charge in [0.15, 0.2) is 0 Å². The predicted molar refractivity (Wildman–Crippen MR) is 135 cm³/mol. The van der Waals surface area contributed by atoms with Crippen LogP contribution in [0, 0.1) is 11.8 Å². The van der Waals surface area contributed by atoms with Crippen molar-refractivity contribution < 1.29 is 36.2 Å². The average Bonchev–Trinajstić information content (AvgIpc) is 3.68. The highest BCUT2D eigenvalue weighted by molar-refractivity contribution is 7.89. The molecular formula is C27H29ClF3NO5S. The molecule has 2 heterocycles. The van der Waals surface area contributed by atoms with E-state index in [-0.39, 0.29) is 23.9 Å². The maximum Gasteiger partial charge on any atom is 0.416 e. The first kappa shape index (κ1) is 27.3. The fourth-order valence-electron chi connectivity index (χ4n) is 5.82. The molecule has 2 aliphatic heterocycles. The van der Waals surface area contributed by atoms with E-state index in [2.05, 4.69) is 0 Å². The van der Waals surface area contributed by atoms with Gasteiger partial charge in [0, 0.05) is 25.9 Å². The second kappa shape index (κ2) is 9.71. The van der Waals surface area contributed by atoms with Crippen LogP contribution in [0.25, 0.3) is 0 Å². The standard InChI is InChI=1S/C27H29ClF3NO5S/c1-16(25(33)34)24(18-3-4-18)19-5-2-17-8-9-26(37-22(17)14-19)10-12-32(13-11-26)38(35,36)23-7-6-20(15-21(23)28)27(29,30)31/h2,5-7,14-16,18,24H,3-4,8-13H2,1H3,(H,33,34)/t16-,24-/m0/s1. The molecule has 2 fully saturated rings. The van der Waals surface area contributed by atoms with Crippen LogP contribution >= 0.6 is 11.6 Å². The number of alkyl halides is 3. The molecule has 11 heteroatoms. The molecule has 38 heavy (non-hydrogen) atoms. The third-order valence-corrected chi connectivity index (χ3v) is 10.6. The highest BCUT2D eigenvalue weighted by atomic mass is 35.5. The van der Waals surface area contributed by atoms with Crippen LogP contribution in [0.15, 0.2) is 41.3 Å². The van der Waals surface area contributed by atoms with Crippen molar-refractivity contribution in [1.29, 1.82) is 0 Å². The fourth-order valence-corrected chi connectivity index (χ4v) is 7.78. The summed E-state index contributed by atoms with van der Waals surface area (Å²) in [5, 5.41) is 9.16. The van der Waals surface area contributed by atoms with Crippen LogP contribution < -0.4 is 4.74 Å².